The number of rotatable bonds is 5. The van der Waals surface area contributed by atoms with Gasteiger partial charge in [0.25, 0.3) is 0 Å². The highest BCUT2D eigenvalue weighted by Gasteiger charge is 2.08. The Balaban J connectivity index is 1.62. The van der Waals surface area contributed by atoms with Crippen LogP contribution in [0.2, 0.25) is 0 Å². The third kappa shape index (κ3) is 4.39. The molecular weight excluding hydrogens is 328 g/mol. The van der Waals surface area contributed by atoms with E-state index >= 15 is 0 Å². The molecule has 6 nitrogen and oxygen atoms in total. The van der Waals surface area contributed by atoms with Crippen LogP contribution in [0.15, 0.2) is 78.9 Å². The van der Waals surface area contributed by atoms with E-state index in [4.69, 9.17) is 15.9 Å². The molecule has 2 amide bonds. The summed E-state index contributed by atoms with van der Waals surface area (Å²) in [6.07, 6.45) is 0. The van der Waals surface area contributed by atoms with Crippen molar-refractivity contribution in [3.05, 3.63) is 84.4 Å². The van der Waals surface area contributed by atoms with Crippen LogP contribution in [0.5, 0.6) is 11.5 Å². The second-order valence-corrected chi connectivity index (χ2v) is 5.48. The Hall–Kier alpha value is -3.80. The van der Waals surface area contributed by atoms with Crippen LogP contribution in [-0.4, -0.2) is 11.9 Å². The lowest BCUT2D eigenvalue weighted by atomic mass is 10.1. The van der Waals surface area contributed by atoms with Crippen LogP contribution in [0, 0.1) is 5.41 Å². The van der Waals surface area contributed by atoms with Crippen LogP contribution in [0.4, 0.5) is 16.2 Å². The first-order valence-corrected chi connectivity index (χ1v) is 7.96. The monoisotopic (exact) mass is 346 g/mol. The van der Waals surface area contributed by atoms with Crippen LogP contribution >= 0.6 is 0 Å². The molecule has 0 aliphatic heterocycles. The van der Waals surface area contributed by atoms with Crippen molar-refractivity contribution >= 4 is 23.2 Å². The Morgan fingerprint density at radius 3 is 2.12 bits per heavy atom. The van der Waals surface area contributed by atoms with E-state index in [9.17, 15) is 4.79 Å². The molecule has 0 saturated carbocycles. The number of amides is 2. The highest BCUT2D eigenvalue weighted by molar-refractivity contribution is 6.06. The van der Waals surface area contributed by atoms with E-state index in [-0.39, 0.29) is 5.84 Å². The minimum atomic E-state index is -0.421. The molecule has 0 atom stereocenters. The number of hydrogen-bond acceptors (Lipinski definition) is 3. The quantitative estimate of drug-likeness (QED) is 0.407. The van der Waals surface area contributed by atoms with Gasteiger partial charge in [0.2, 0.25) is 0 Å². The van der Waals surface area contributed by atoms with Crippen molar-refractivity contribution < 1.29 is 9.53 Å². The van der Waals surface area contributed by atoms with Gasteiger partial charge in [0, 0.05) is 11.3 Å². The molecular formula is C20H18N4O2. The summed E-state index contributed by atoms with van der Waals surface area (Å²) in [5.74, 6) is 1.30. The summed E-state index contributed by atoms with van der Waals surface area (Å²) < 4.78 is 5.71. The number of ether oxygens (including phenoxy) is 1. The summed E-state index contributed by atoms with van der Waals surface area (Å²) in [4.78, 5) is 12.2. The molecule has 3 aromatic carbocycles. The summed E-state index contributed by atoms with van der Waals surface area (Å²) in [6, 6.07) is 22.9. The fourth-order valence-electron chi connectivity index (χ4n) is 2.34. The number of carbonyl (C=O) groups is 1. The molecule has 5 N–H and O–H groups in total. The molecule has 0 aromatic heterocycles. The predicted octanol–water partition coefficient (Wildman–Crippen LogP) is 4.41. The number of carbonyl (C=O) groups excluding carboxylic acids is 1. The van der Waals surface area contributed by atoms with Gasteiger partial charge >= 0.3 is 6.03 Å². The van der Waals surface area contributed by atoms with Gasteiger partial charge in [-0.05, 0) is 48.5 Å². The highest BCUT2D eigenvalue weighted by atomic mass is 16.5. The van der Waals surface area contributed by atoms with Gasteiger partial charge in [0.1, 0.15) is 17.3 Å². The van der Waals surface area contributed by atoms with Crippen molar-refractivity contribution in [2.75, 3.05) is 10.6 Å². The van der Waals surface area contributed by atoms with E-state index in [0.717, 1.165) is 5.75 Å². The Morgan fingerprint density at radius 2 is 1.42 bits per heavy atom. The van der Waals surface area contributed by atoms with Gasteiger partial charge in [-0.15, -0.1) is 0 Å². The number of urea groups is 1. The maximum Gasteiger partial charge on any atom is 0.323 e. The number of nitrogen functional groups attached to an aromatic ring is 1. The largest absolute Gasteiger partial charge is 0.457 e. The van der Waals surface area contributed by atoms with Crippen LogP contribution < -0.4 is 21.1 Å². The molecule has 26 heavy (non-hydrogen) atoms. The number of nitrogens with one attached hydrogen (secondary N) is 3. The van der Waals surface area contributed by atoms with Crippen LogP contribution in [0.1, 0.15) is 5.56 Å². The van der Waals surface area contributed by atoms with Crippen LogP contribution in [0.3, 0.4) is 0 Å². The van der Waals surface area contributed by atoms with E-state index in [1.54, 1.807) is 48.5 Å². The lowest BCUT2D eigenvalue weighted by Crippen LogP contribution is -2.22. The molecule has 3 aromatic rings. The molecule has 0 spiro atoms. The Labute approximate surface area is 151 Å². The summed E-state index contributed by atoms with van der Waals surface area (Å²) in [5, 5.41) is 13.0. The molecule has 0 fully saturated rings. The summed E-state index contributed by atoms with van der Waals surface area (Å²) >= 11 is 0. The lowest BCUT2D eigenvalue weighted by molar-refractivity contribution is 0.262. The molecule has 0 aliphatic carbocycles. The van der Waals surface area contributed by atoms with Gasteiger partial charge in [0.15, 0.2) is 0 Å². The van der Waals surface area contributed by atoms with Crippen molar-refractivity contribution in [3.8, 4) is 11.5 Å². The number of amidine groups is 1. The number of benzene rings is 3. The SMILES string of the molecule is N=C(N)c1ccccc1NC(=O)Nc1ccc(Oc2ccccc2)cc1. The van der Waals surface area contributed by atoms with Crippen molar-refractivity contribution in [3.63, 3.8) is 0 Å². The maximum atomic E-state index is 12.2. The zero-order valence-electron chi connectivity index (χ0n) is 13.9. The second-order valence-electron chi connectivity index (χ2n) is 5.48. The van der Waals surface area contributed by atoms with Crippen molar-refractivity contribution in [2.45, 2.75) is 0 Å². The first kappa shape index (κ1) is 17.0. The molecule has 130 valence electrons. The minimum Gasteiger partial charge on any atom is -0.457 e. The standard InChI is InChI=1S/C20H18N4O2/c21-19(22)17-8-4-5-9-18(17)24-20(25)23-14-10-12-16(13-11-14)26-15-6-2-1-3-7-15/h1-13H,(H3,21,22)(H2,23,24,25). The summed E-state index contributed by atoms with van der Waals surface area (Å²) in [7, 11) is 0. The Bertz CT molecular complexity index is 909. The van der Waals surface area contributed by atoms with Crippen molar-refractivity contribution in [2.24, 2.45) is 5.73 Å². The van der Waals surface area contributed by atoms with Gasteiger partial charge in [0.05, 0.1) is 5.69 Å². The van der Waals surface area contributed by atoms with E-state index in [0.29, 0.717) is 22.7 Å². The third-order valence-corrected chi connectivity index (χ3v) is 3.56. The third-order valence-electron chi connectivity index (χ3n) is 3.56. The zero-order valence-corrected chi connectivity index (χ0v) is 13.9. The molecule has 0 unspecified atom stereocenters. The number of hydrogen-bond donors (Lipinski definition) is 4. The molecule has 0 saturated heterocycles. The minimum absolute atomic E-state index is 0.108. The molecule has 3 rings (SSSR count). The fraction of sp³-hybridized carbons (Fsp3) is 0. The van der Waals surface area contributed by atoms with Crippen LogP contribution in [0.25, 0.3) is 0 Å². The van der Waals surface area contributed by atoms with E-state index in [1.165, 1.54) is 0 Å². The lowest BCUT2D eigenvalue weighted by Gasteiger charge is -2.11. The van der Waals surface area contributed by atoms with E-state index in [2.05, 4.69) is 10.6 Å². The molecule has 0 radical (unpaired) electrons. The number of nitrogens with two attached hydrogens (primary N) is 1. The van der Waals surface area contributed by atoms with Gasteiger partial charge in [-0.3, -0.25) is 5.41 Å². The molecule has 6 heteroatoms. The highest BCUT2D eigenvalue weighted by Crippen LogP contribution is 2.23. The first-order chi connectivity index (χ1) is 12.6. The number of para-hydroxylation sites is 2. The molecule has 0 bridgehead atoms. The van der Waals surface area contributed by atoms with E-state index < -0.39 is 6.03 Å². The van der Waals surface area contributed by atoms with Gasteiger partial charge in [-0.1, -0.05) is 30.3 Å². The topological polar surface area (TPSA) is 100 Å². The Kier molecular flexibility index (Phi) is 5.14. The van der Waals surface area contributed by atoms with Crippen molar-refractivity contribution in [1.29, 1.82) is 5.41 Å². The second kappa shape index (κ2) is 7.85. The van der Waals surface area contributed by atoms with Gasteiger partial charge in [-0.25, -0.2) is 4.79 Å². The zero-order chi connectivity index (χ0) is 18.4. The Morgan fingerprint density at radius 1 is 0.808 bits per heavy atom. The van der Waals surface area contributed by atoms with E-state index in [1.807, 2.05) is 30.3 Å². The average molecular weight is 346 g/mol. The van der Waals surface area contributed by atoms with Crippen molar-refractivity contribution in [1.82, 2.24) is 0 Å². The first-order valence-electron chi connectivity index (χ1n) is 7.96. The van der Waals surface area contributed by atoms with Gasteiger partial charge in [-0.2, -0.15) is 0 Å². The normalized spacial score (nSPS) is 10.0. The smallest absolute Gasteiger partial charge is 0.323 e. The summed E-state index contributed by atoms with van der Waals surface area (Å²) in [5.41, 5.74) is 7.08. The predicted molar refractivity (Wildman–Crippen MR) is 103 cm³/mol. The molecule has 0 aliphatic rings. The van der Waals surface area contributed by atoms with Gasteiger partial charge < -0.3 is 21.1 Å². The maximum absolute atomic E-state index is 12.2. The number of anilines is 2. The molecule has 0 heterocycles. The average Bonchev–Trinajstić information content (AvgIpc) is 2.64. The summed E-state index contributed by atoms with van der Waals surface area (Å²) in [6.45, 7) is 0. The van der Waals surface area contributed by atoms with Crippen LogP contribution in [-0.2, 0) is 0 Å². The fourth-order valence-corrected chi connectivity index (χ4v) is 2.34.